The van der Waals surface area contributed by atoms with Gasteiger partial charge in [0.15, 0.2) is 5.82 Å². The van der Waals surface area contributed by atoms with Crippen molar-refractivity contribution in [3.63, 3.8) is 0 Å². The number of hydrogen-bond donors (Lipinski definition) is 1. The summed E-state index contributed by atoms with van der Waals surface area (Å²) in [6, 6.07) is 10.1. The predicted octanol–water partition coefficient (Wildman–Crippen LogP) is 3.04. The van der Waals surface area contributed by atoms with Crippen molar-refractivity contribution >= 4 is 6.03 Å². The molecule has 1 aromatic carbocycles. The average molecular weight is 386 g/mol. The number of nitrogens with zero attached hydrogens (tertiary/aromatic N) is 4. The highest BCUT2D eigenvalue weighted by Gasteiger charge is 2.32. The van der Waals surface area contributed by atoms with Gasteiger partial charge >= 0.3 is 6.03 Å². The predicted molar refractivity (Wildman–Crippen MR) is 108 cm³/mol. The number of carbonyl (C=O) groups excluding carboxylic acids is 1. The molecule has 1 fully saturated rings. The lowest BCUT2D eigenvalue weighted by Gasteiger charge is -2.30. The molecule has 1 aliphatic rings. The molecule has 2 heterocycles. The van der Waals surface area contributed by atoms with Gasteiger partial charge in [0.25, 0.3) is 0 Å². The van der Waals surface area contributed by atoms with Gasteiger partial charge in [-0.15, -0.1) is 0 Å². The molecule has 2 aromatic rings. The molecule has 2 amide bonds. The largest absolute Gasteiger partial charge is 0.338 e. The maximum Gasteiger partial charge on any atom is 0.317 e. The zero-order chi connectivity index (χ0) is 19.9. The normalized spacial score (nSPS) is 18.3. The van der Waals surface area contributed by atoms with E-state index < -0.39 is 0 Å². The molecule has 1 unspecified atom stereocenters. The first-order chi connectivity index (χ1) is 13.5. The molecule has 1 aliphatic heterocycles. The lowest BCUT2D eigenvalue weighted by Crippen LogP contribution is -2.44. The van der Waals surface area contributed by atoms with Crippen LogP contribution in [0.2, 0.25) is 0 Å². The van der Waals surface area contributed by atoms with E-state index in [1.165, 1.54) is 5.56 Å². The smallest absolute Gasteiger partial charge is 0.317 e. The molecule has 1 aromatic heterocycles. The van der Waals surface area contributed by atoms with Crippen molar-refractivity contribution in [3.8, 4) is 0 Å². The second-order valence-electron chi connectivity index (χ2n) is 7.85. The topological polar surface area (TPSA) is 74.5 Å². The minimum atomic E-state index is -0.0639. The Labute approximate surface area is 167 Å². The Balaban J connectivity index is 1.63. The average Bonchev–Trinajstić information content (AvgIpc) is 2.99. The van der Waals surface area contributed by atoms with Crippen molar-refractivity contribution in [2.24, 2.45) is 5.92 Å². The fraction of sp³-hybridized carbons (Fsp3) is 0.571. The summed E-state index contributed by atoms with van der Waals surface area (Å²) in [6.45, 7) is 10.0. The Morgan fingerprint density at radius 2 is 2.07 bits per heavy atom. The Hall–Kier alpha value is -2.41. The standard InChI is InChI=1S/C21H31N5O2/c1-16(2)14-25-12-7-13-26(15-19(25)20-23-17(3)24-28-20)21(27)22-11-10-18-8-5-4-6-9-18/h4-6,8-9,16,19H,7,10-15H2,1-3H3,(H,22,27). The van der Waals surface area contributed by atoms with Crippen molar-refractivity contribution in [2.45, 2.75) is 39.7 Å². The van der Waals surface area contributed by atoms with Crippen LogP contribution in [0.3, 0.4) is 0 Å². The molecule has 1 saturated heterocycles. The molecule has 0 radical (unpaired) electrons. The van der Waals surface area contributed by atoms with E-state index in [1.807, 2.05) is 30.0 Å². The quantitative estimate of drug-likeness (QED) is 0.827. The highest BCUT2D eigenvalue weighted by atomic mass is 16.5. The SMILES string of the molecule is Cc1noc(C2CN(C(=O)NCCc3ccccc3)CCCN2CC(C)C)n1. The van der Waals surface area contributed by atoms with Crippen LogP contribution >= 0.6 is 0 Å². The molecule has 28 heavy (non-hydrogen) atoms. The fourth-order valence-corrected chi connectivity index (χ4v) is 3.66. The van der Waals surface area contributed by atoms with Gasteiger partial charge in [-0.25, -0.2) is 4.79 Å². The highest BCUT2D eigenvalue weighted by molar-refractivity contribution is 5.74. The van der Waals surface area contributed by atoms with E-state index in [0.29, 0.717) is 30.7 Å². The number of urea groups is 1. The summed E-state index contributed by atoms with van der Waals surface area (Å²) in [7, 11) is 0. The third-order valence-electron chi connectivity index (χ3n) is 4.96. The zero-order valence-electron chi connectivity index (χ0n) is 17.1. The van der Waals surface area contributed by atoms with Crippen LogP contribution in [0.15, 0.2) is 34.9 Å². The summed E-state index contributed by atoms with van der Waals surface area (Å²) in [5.74, 6) is 1.75. The van der Waals surface area contributed by atoms with Crippen LogP contribution in [0.25, 0.3) is 0 Å². The van der Waals surface area contributed by atoms with Crippen LogP contribution in [-0.2, 0) is 6.42 Å². The maximum absolute atomic E-state index is 12.8. The highest BCUT2D eigenvalue weighted by Crippen LogP contribution is 2.25. The molecule has 7 heteroatoms. The minimum absolute atomic E-state index is 0.0245. The van der Waals surface area contributed by atoms with Gasteiger partial charge in [0.2, 0.25) is 5.89 Å². The van der Waals surface area contributed by atoms with E-state index in [4.69, 9.17) is 4.52 Å². The summed E-state index contributed by atoms with van der Waals surface area (Å²) >= 11 is 0. The Morgan fingerprint density at radius 3 is 2.75 bits per heavy atom. The molecule has 0 saturated carbocycles. The first kappa shape index (κ1) is 20.3. The fourth-order valence-electron chi connectivity index (χ4n) is 3.66. The molecule has 0 bridgehead atoms. The van der Waals surface area contributed by atoms with Crippen LogP contribution < -0.4 is 5.32 Å². The molecule has 0 aliphatic carbocycles. The molecule has 7 nitrogen and oxygen atoms in total. The summed E-state index contributed by atoms with van der Waals surface area (Å²) < 4.78 is 5.48. The lowest BCUT2D eigenvalue weighted by molar-refractivity contribution is 0.135. The molecule has 152 valence electrons. The number of rotatable bonds is 6. The number of hydrogen-bond acceptors (Lipinski definition) is 5. The second kappa shape index (κ2) is 9.68. The Bertz CT molecular complexity index is 746. The Kier molecular flexibility index (Phi) is 7.03. The van der Waals surface area contributed by atoms with Crippen LogP contribution in [0.5, 0.6) is 0 Å². The summed E-state index contributed by atoms with van der Waals surface area (Å²) in [5.41, 5.74) is 1.22. The maximum atomic E-state index is 12.8. The minimum Gasteiger partial charge on any atom is -0.338 e. The van der Waals surface area contributed by atoms with Gasteiger partial charge in [-0.05, 0) is 31.2 Å². The van der Waals surface area contributed by atoms with Crippen LogP contribution in [-0.4, -0.2) is 58.7 Å². The molecular weight excluding hydrogens is 354 g/mol. The van der Waals surface area contributed by atoms with Gasteiger partial charge in [0, 0.05) is 32.7 Å². The second-order valence-corrected chi connectivity index (χ2v) is 7.85. The van der Waals surface area contributed by atoms with E-state index in [9.17, 15) is 4.79 Å². The number of aromatic nitrogens is 2. The monoisotopic (exact) mass is 385 g/mol. The van der Waals surface area contributed by atoms with Crippen molar-refractivity contribution < 1.29 is 9.32 Å². The van der Waals surface area contributed by atoms with E-state index in [0.717, 1.165) is 32.5 Å². The van der Waals surface area contributed by atoms with Crippen molar-refractivity contribution in [2.75, 3.05) is 32.7 Å². The number of carbonyl (C=O) groups is 1. The summed E-state index contributed by atoms with van der Waals surface area (Å²) in [6.07, 6.45) is 1.76. The van der Waals surface area contributed by atoms with Crippen LogP contribution in [0.4, 0.5) is 4.79 Å². The van der Waals surface area contributed by atoms with Crippen LogP contribution in [0.1, 0.15) is 43.6 Å². The van der Waals surface area contributed by atoms with Gasteiger partial charge in [-0.3, -0.25) is 4.90 Å². The van der Waals surface area contributed by atoms with E-state index in [-0.39, 0.29) is 12.1 Å². The van der Waals surface area contributed by atoms with Crippen LogP contribution in [0, 0.1) is 12.8 Å². The van der Waals surface area contributed by atoms with Gasteiger partial charge in [-0.1, -0.05) is 49.3 Å². The van der Waals surface area contributed by atoms with Crippen molar-refractivity contribution in [1.29, 1.82) is 0 Å². The van der Waals surface area contributed by atoms with Gasteiger partial charge in [-0.2, -0.15) is 4.98 Å². The summed E-state index contributed by atoms with van der Waals surface area (Å²) in [4.78, 5) is 21.5. The molecule has 1 N–H and O–H groups in total. The van der Waals surface area contributed by atoms with Crippen molar-refractivity contribution in [1.82, 2.24) is 25.3 Å². The van der Waals surface area contributed by atoms with E-state index >= 15 is 0 Å². The van der Waals surface area contributed by atoms with Gasteiger partial charge in [0.1, 0.15) is 6.04 Å². The molecular formula is C21H31N5O2. The number of nitrogens with one attached hydrogen (secondary N) is 1. The first-order valence-electron chi connectivity index (χ1n) is 10.1. The number of benzene rings is 1. The lowest BCUT2D eigenvalue weighted by atomic mass is 10.1. The Morgan fingerprint density at radius 1 is 1.29 bits per heavy atom. The summed E-state index contributed by atoms with van der Waals surface area (Å²) in [5, 5.41) is 7.02. The third kappa shape index (κ3) is 5.55. The molecule has 3 rings (SSSR count). The number of aryl methyl sites for hydroxylation is 1. The van der Waals surface area contributed by atoms with Gasteiger partial charge in [0.05, 0.1) is 0 Å². The molecule has 1 atom stereocenters. The zero-order valence-corrected chi connectivity index (χ0v) is 17.1. The van der Waals surface area contributed by atoms with E-state index in [2.05, 4.69) is 46.3 Å². The van der Waals surface area contributed by atoms with E-state index in [1.54, 1.807) is 0 Å². The van der Waals surface area contributed by atoms with Crippen molar-refractivity contribution in [3.05, 3.63) is 47.6 Å². The molecule has 0 spiro atoms. The van der Waals surface area contributed by atoms with Gasteiger partial charge < -0.3 is 14.7 Å². The first-order valence-corrected chi connectivity index (χ1v) is 10.1. The third-order valence-corrected chi connectivity index (χ3v) is 4.96. The number of amides is 2.